The second-order valence-corrected chi connectivity index (χ2v) is 9.29. The molecule has 2 heterocycles. The van der Waals surface area contributed by atoms with E-state index >= 15 is 0 Å². The van der Waals surface area contributed by atoms with Gasteiger partial charge in [0, 0.05) is 17.8 Å². The van der Waals surface area contributed by atoms with Crippen LogP contribution in [0.15, 0.2) is 60.9 Å². The number of benzene rings is 2. The molecule has 1 fully saturated rings. The Balaban J connectivity index is 1.64. The lowest BCUT2D eigenvalue weighted by Crippen LogP contribution is -2.30. The molecule has 0 radical (unpaired) electrons. The van der Waals surface area contributed by atoms with Crippen molar-refractivity contribution in [3.63, 3.8) is 0 Å². The number of rotatable bonds is 3. The molecule has 31 heavy (non-hydrogen) atoms. The Kier molecular flexibility index (Phi) is 5.09. The summed E-state index contributed by atoms with van der Waals surface area (Å²) in [4.78, 5) is 4.86. The Morgan fingerprint density at radius 2 is 1.71 bits per heavy atom. The van der Waals surface area contributed by atoms with Gasteiger partial charge in [-0.25, -0.2) is 4.57 Å². The predicted molar refractivity (Wildman–Crippen MR) is 129 cm³/mol. The van der Waals surface area contributed by atoms with Crippen molar-refractivity contribution in [3.8, 4) is 22.5 Å². The lowest BCUT2D eigenvalue weighted by atomic mass is 9.93. The largest absolute Gasteiger partial charge is 0.256 e. The minimum atomic E-state index is 0.705. The molecule has 4 aromatic rings. The van der Waals surface area contributed by atoms with Crippen LogP contribution in [0.1, 0.15) is 53.9 Å². The molecule has 5 rings (SSSR count). The van der Waals surface area contributed by atoms with E-state index in [0.29, 0.717) is 5.92 Å². The fourth-order valence-corrected chi connectivity index (χ4v) is 5.22. The zero-order chi connectivity index (χ0) is 21.5. The molecule has 1 saturated carbocycles. The maximum atomic E-state index is 4.86. The molecule has 2 aromatic heterocycles. The summed E-state index contributed by atoms with van der Waals surface area (Å²) in [7, 11) is 2.15. The van der Waals surface area contributed by atoms with Crippen molar-refractivity contribution in [2.45, 2.75) is 52.4 Å². The lowest BCUT2D eigenvalue weighted by molar-refractivity contribution is -0.659. The quantitative estimate of drug-likeness (QED) is 0.335. The molecular weight excluding hydrogens is 376 g/mol. The molecule has 2 heteroatoms. The molecule has 2 aromatic carbocycles. The smallest absolute Gasteiger partial charge is 0.220 e. The van der Waals surface area contributed by atoms with Gasteiger partial charge in [0.1, 0.15) is 7.05 Å². The van der Waals surface area contributed by atoms with Crippen molar-refractivity contribution in [2.75, 3.05) is 0 Å². The van der Waals surface area contributed by atoms with Crippen LogP contribution >= 0.6 is 0 Å². The van der Waals surface area contributed by atoms with E-state index in [-0.39, 0.29) is 0 Å². The van der Waals surface area contributed by atoms with Crippen LogP contribution in [0.4, 0.5) is 0 Å². The van der Waals surface area contributed by atoms with Crippen LogP contribution in [0, 0.1) is 20.8 Å². The molecule has 0 amide bonds. The summed E-state index contributed by atoms with van der Waals surface area (Å²) in [5.41, 5.74) is 10.2. The van der Waals surface area contributed by atoms with Gasteiger partial charge in [0.2, 0.25) is 5.69 Å². The highest BCUT2D eigenvalue weighted by Crippen LogP contribution is 2.35. The second kappa shape index (κ2) is 7.92. The monoisotopic (exact) mass is 407 g/mol. The number of nitrogens with zero attached hydrogens (tertiary/aromatic N) is 2. The molecule has 0 aliphatic heterocycles. The second-order valence-electron chi connectivity index (χ2n) is 9.29. The van der Waals surface area contributed by atoms with Gasteiger partial charge in [-0.15, -0.1) is 0 Å². The average Bonchev–Trinajstić information content (AvgIpc) is 3.31. The summed E-state index contributed by atoms with van der Waals surface area (Å²) < 4.78 is 2.25. The maximum Gasteiger partial charge on any atom is 0.220 e. The average molecular weight is 408 g/mol. The maximum absolute atomic E-state index is 4.86. The Morgan fingerprint density at radius 3 is 2.45 bits per heavy atom. The molecule has 0 N–H and O–H groups in total. The van der Waals surface area contributed by atoms with Crippen molar-refractivity contribution in [1.82, 2.24) is 4.98 Å². The number of fused-ring (bicyclic) bond motifs is 1. The van der Waals surface area contributed by atoms with Crippen LogP contribution in [-0.2, 0) is 7.05 Å². The third-order valence-corrected chi connectivity index (χ3v) is 7.11. The SMILES string of the molecule is Cc1cc(C)c(C)c(-c2c3cc(-c4ccc(C5CCCC5)cn4)ccc3cc[n+]2C)c1. The summed E-state index contributed by atoms with van der Waals surface area (Å²) in [6.45, 7) is 6.62. The van der Waals surface area contributed by atoms with E-state index in [4.69, 9.17) is 4.98 Å². The number of pyridine rings is 2. The van der Waals surface area contributed by atoms with Crippen LogP contribution in [0.5, 0.6) is 0 Å². The fraction of sp³-hybridized carbons (Fsp3) is 0.310. The molecule has 0 spiro atoms. The van der Waals surface area contributed by atoms with Crippen molar-refractivity contribution in [2.24, 2.45) is 7.05 Å². The summed E-state index contributed by atoms with van der Waals surface area (Å²) in [5.74, 6) is 0.705. The first kappa shape index (κ1) is 19.9. The van der Waals surface area contributed by atoms with Crippen LogP contribution in [0.2, 0.25) is 0 Å². The third-order valence-electron chi connectivity index (χ3n) is 7.11. The topological polar surface area (TPSA) is 16.8 Å². The van der Waals surface area contributed by atoms with E-state index in [0.717, 1.165) is 5.69 Å². The summed E-state index contributed by atoms with van der Waals surface area (Å²) in [5, 5.41) is 2.54. The first-order valence-electron chi connectivity index (χ1n) is 11.5. The number of hydrogen-bond donors (Lipinski definition) is 0. The van der Waals surface area contributed by atoms with Gasteiger partial charge in [0.25, 0.3) is 0 Å². The van der Waals surface area contributed by atoms with Gasteiger partial charge in [0.15, 0.2) is 6.20 Å². The highest BCUT2D eigenvalue weighted by molar-refractivity contribution is 5.96. The van der Waals surface area contributed by atoms with Crippen molar-refractivity contribution < 1.29 is 4.57 Å². The number of hydrogen-bond acceptors (Lipinski definition) is 1. The Bertz CT molecular complexity index is 1260. The lowest BCUT2D eigenvalue weighted by Gasteiger charge is -2.13. The van der Waals surface area contributed by atoms with E-state index in [1.54, 1.807) is 0 Å². The van der Waals surface area contributed by atoms with Crippen molar-refractivity contribution in [1.29, 1.82) is 0 Å². The Morgan fingerprint density at radius 1 is 0.903 bits per heavy atom. The van der Waals surface area contributed by atoms with Crippen LogP contribution in [0.25, 0.3) is 33.3 Å². The van der Waals surface area contributed by atoms with Gasteiger partial charge in [-0.3, -0.25) is 4.98 Å². The molecule has 0 bridgehead atoms. The van der Waals surface area contributed by atoms with E-state index in [2.05, 4.69) is 93.3 Å². The number of aromatic nitrogens is 2. The first-order valence-corrected chi connectivity index (χ1v) is 11.5. The Hall–Kier alpha value is -3.00. The highest BCUT2D eigenvalue weighted by Gasteiger charge is 2.20. The number of aryl methyl sites for hydroxylation is 3. The predicted octanol–water partition coefficient (Wildman–Crippen LogP) is 6.98. The zero-order valence-electron chi connectivity index (χ0n) is 19.1. The third kappa shape index (κ3) is 3.65. The normalized spacial score (nSPS) is 14.5. The summed E-state index contributed by atoms with van der Waals surface area (Å²) in [6.07, 6.45) is 9.61. The molecule has 1 aliphatic rings. The van der Waals surface area contributed by atoms with Gasteiger partial charge in [-0.05, 0) is 79.8 Å². The van der Waals surface area contributed by atoms with Crippen molar-refractivity contribution >= 4 is 10.8 Å². The summed E-state index contributed by atoms with van der Waals surface area (Å²) in [6, 6.07) is 18.1. The van der Waals surface area contributed by atoms with Crippen LogP contribution < -0.4 is 4.57 Å². The van der Waals surface area contributed by atoms with E-state index < -0.39 is 0 Å². The molecule has 0 saturated heterocycles. The minimum Gasteiger partial charge on any atom is -0.256 e. The van der Waals surface area contributed by atoms with E-state index in [1.165, 1.54) is 75.5 Å². The van der Waals surface area contributed by atoms with E-state index in [9.17, 15) is 0 Å². The standard InChI is InChI=1S/C29H31N2/c1-19-15-20(2)21(3)26(16-19)29-27-17-24(10-9-23(27)13-14-31(29)4)28-12-11-25(18-30-28)22-7-5-6-8-22/h9-18,22H,5-8H2,1-4H3/q+1. The molecule has 2 nitrogen and oxygen atoms in total. The zero-order valence-corrected chi connectivity index (χ0v) is 19.1. The molecule has 156 valence electrons. The molecular formula is C29H31N2+. The summed E-state index contributed by atoms with van der Waals surface area (Å²) >= 11 is 0. The van der Waals surface area contributed by atoms with Gasteiger partial charge in [-0.2, -0.15) is 0 Å². The highest BCUT2D eigenvalue weighted by atomic mass is 14.9. The minimum absolute atomic E-state index is 0.705. The van der Waals surface area contributed by atoms with Gasteiger partial charge in [-0.1, -0.05) is 42.7 Å². The van der Waals surface area contributed by atoms with Gasteiger partial charge >= 0.3 is 0 Å². The van der Waals surface area contributed by atoms with Crippen LogP contribution in [-0.4, -0.2) is 4.98 Å². The Labute approximate surface area is 185 Å². The molecule has 0 atom stereocenters. The fourth-order valence-electron chi connectivity index (χ4n) is 5.22. The molecule has 0 unspecified atom stereocenters. The first-order chi connectivity index (χ1) is 15.0. The van der Waals surface area contributed by atoms with Crippen molar-refractivity contribution in [3.05, 3.63) is 83.2 Å². The van der Waals surface area contributed by atoms with Crippen LogP contribution in [0.3, 0.4) is 0 Å². The van der Waals surface area contributed by atoms with Gasteiger partial charge in [0.05, 0.1) is 16.6 Å². The van der Waals surface area contributed by atoms with E-state index in [1.807, 2.05) is 0 Å². The molecule has 1 aliphatic carbocycles. The van der Waals surface area contributed by atoms with Gasteiger partial charge < -0.3 is 0 Å².